The van der Waals surface area contributed by atoms with Crippen LogP contribution in [0.5, 0.6) is 11.5 Å². The maximum absolute atomic E-state index is 12.3. The Balaban J connectivity index is 1.30. The Kier molecular flexibility index (Phi) is 7.40. The number of aromatic nitrogens is 2. The van der Waals surface area contributed by atoms with E-state index in [0.29, 0.717) is 23.8 Å². The van der Waals surface area contributed by atoms with Crippen LogP contribution in [0.15, 0.2) is 60.7 Å². The molecule has 1 N–H and O–H groups in total. The summed E-state index contributed by atoms with van der Waals surface area (Å²) in [4.78, 5) is 14.6. The molecule has 1 aromatic heterocycles. The van der Waals surface area contributed by atoms with Crippen LogP contribution < -0.4 is 19.7 Å². The van der Waals surface area contributed by atoms with Gasteiger partial charge in [0.25, 0.3) is 5.91 Å². The first-order chi connectivity index (χ1) is 16.1. The molecule has 4 rings (SSSR count). The normalized spacial score (nSPS) is 14.1. The van der Waals surface area contributed by atoms with Crippen molar-refractivity contribution in [3.05, 3.63) is 60.7 Å². The minimum atomic E-state index is -0.232. The minimum absolute atomic E-state index is 0.0838. The number of hydrogen-bond donors (Lipinski definition) is 1. The van der Waals surface area contributed by atoms with Gasteiger partial charge in [-0.25, -0.2) is 0 Å². The largest absolute Gasteiger partial charge is 0.494 e. The van der Waals surface area contributed by atoms with Crippen molar-refractivity contribution < 1.29 is 14.3 Å². The third kappa shape index (κ3) is 6.22. The molecule has 0 unspecified atom stereocenters. The predicted octanol–water partition coefficient (Wildman–Crippen LogP) is 4.80. The van der Waals surface area contributed by atoms with Gasteiger partial charge in [-0.2, -0.15) is 0 Å². The molecule has 1 aliphatic rings. The van der Waals surface area contributed by atoms with Gasteiger partial charge in [-0.1, -0.05) is 25.1 Å². The number of benzene rings is 2. The van der Waals surface area contributed by atoms with Crippen molar-refractivity contribution >= 4 is 17.4 Å². The summed E-state index contributed by atoms with van der Waals surface area (Å²) in [5.74, 6) is 2.79. The summed E-state index contributed by atoms with van der Waals surface area (Å²) in [6, 6.07) is 18.8. The van der Waals surface area contributed by atoms with E-state index in [0.717, 1.165) is 36.1 Å². The quantitative estimate of drug-likeness (QED) is 0.536. The van der Waals surface area contributed by atoms with E-state index >= 15 is 0 Å². The lowest BCUT2D eigenvalue weighted by atomic mass is 9.99. The van der Waals surface area contributed by atoms with E-state index < -0.39 is 0 Å². The van der Waals surface area contributed by atoms with Gasteiger partial charge in [0.1, 0.15) is 11.5 Å². The Morgan fingerprint density at radius 3 is 2.39 bits per heavy atom. The first-order valence-electron chi connectivity index (χ1n) is 11.5. The second-order valence-electron chi connectivity index (χ2n) is 8.27. The molecule has 3 aromatic rings. The molecule has 0 aliphatic carbocycles. The molecule has 7 heteroatoms. The van der Waals surface area contributed by atoms with Crippen LogP contribution in [0.4, 0.5) is 11.5 Å². The van der Waals surface area contributed by atoms with Crippen molar-refractivity contribution in [2.45, 2.75) is 26.7 Å². The summed E-state index contributed by atoms with van der Waals surface area (Å²) in [5, 5.41) is 11.7. The number of nitrogens with one attached hydrogen (secondary N) is 1. The molecule has 2 heterocycles. The van der Waals surface area contributed by atoms with Crippen molar-refractivity contribution in [2.24, 2.45) is 5.92 Å². The van der Waals surface area contributed by atoms with Crippen molar-refractivity contribution in [1.82, 2.24) is 10.2 Å². The molecule has 0 saturated carbocycles. The van der Waals surface area contributed by atoms with E-state index in [2.05, 4.69) is 27.3 Å². The van der Waals surface area contributed by atoms with E-state index in [1.807, 2.05) is 55.5 Å². The lowest BCUT2D eigenvalue weighted by molar-refractivity contribution is -0.118. The van der Waals surface area contributed by atoms with Crippen molar-refractivity contribution in [3.8, 4) is 22.8 Å². The Morgan fingerprint density at radius 2 is 1.73 bits per heavy atom. The Hall–Kier alpha value is -3.61. The van der Waals surface area contributed by atoms with Crippen molar-refractivity contribution in [1.29, 1.82) is 0 Å². The third-order valence-electron chi connectivity index (χ3n) is 5.71. The number of nitrogens with zero attached hydrogens (tertiary/aromatic N) is 3. The van der Waals surface area contributed by atoms with Gasteiger partial charge in [-0.05, 0) is 62.1 Å². The van der Waals surface area contributed by atoms with E-state index in [-0.39, 0.29) is 12.5 Å². The smallest absolute Gasteiger partial charge is 0.262 e. The molecule has 0 bridgehead atoms. The van der Waals surface area contributed by atoms with Crippen LogP contribution in [0.3, 0.4) is 0 Å². The van der Waals surface area contributed by atoms with Crippen LogP contribution in [-0.2, 0) is 4.79 Å². The SMILES string of the molecule is CCOc1cccc(OCC(=O)Nc2ccc(-c3ccc(N4CCC(C)CC4)nn3)cc2)c1. The highest BCUT2D eigenvalue weighted by atomic mass is 16.5. The van der Waals surface area contributed by atoms with E-state index in [4.69, 9.17) is 9.47 Å². The highest BCUT2D eigenvalue weighted by Gasteiger charge is 2.17. The average Bonchev–Trinajstić information content (AvgIpc) is 2.84. The molecule has 2 aromatic carbocycles. The summed E-state index contributed by atoms with van der Waals surface area (Å²) >= 11 is 0. The van der Waals surface area contributed by atoms with E-state index in [1.54, 1.807) is 12.1 Å². The fraction of sp³-hybridized carbons (Fsp3) is 0.346. The number of piperidine rings is 1. The van der Waals surface area contributed by atoms with Gasteiger partial charge < -0.3 is 19.7 Å². The number of amides is 1. The molecule has 0 spiro atoms. The molecule has 0 atom stereocenters. The highest BCUT2D eigenvalue weighted by molar-refractivity contribution is 5.92. The lowest BCUT2D eigenvalue weighted by Crippen LogP contribution is -2.33. The average molecular weight is 447 g/mol. The molecule has 1 amide bonds. The fourth-order valence-electron chi connectivity index (χ4n) is 3.78. The number of rotatable bonds is 8. The summed E-state index contributed by atoms with van der Waals surface area (Å²) in [5.41, 5.74) is 2.45. The summed E-state index contributed by atoms with van der Waals surface area (Å²) in [7, 11) is 0. The number of carbonyl (C=O) groups excluding carboxylic acids is 1. The van der Waals surface area contributed by atoms with Gasteiger partial charge in [0, 0.05) is 30.4 Å². The molecule has 1 fully saturated rings. The molecule has 33 heavy (non-hydrogen) atoms. The molecule has 1 aliphatic heterocycles. The standard InChI is InChI=1S/C26H30N4O3/c1-3-32-22-5-4-6-23(17-22)33-18-26(31)27-21-9-7-20(8-10-21)24-11-12-25(29-28-24)30-15-13-19(2)14-16-30/h4-12,17,19H,3,13-16,18H2,1-2H3,(H,27,31). The number of carbonyl (C=O) groups is 1. The van der Waals surface area contributed by atoms with Gasteiger partial charge >= 0.3 is 0 Å². The first-order valence-corrected chi connectivity index (χ1v) is 11.5. The molecule has 7 nitrogen and oxygen atoms in total. The van der Waals surface area contributed by atoms with Crippen LogP contribution in [0.2, 0.25) is 0 Å². The number of ether oxygens (including phenoxy) is 2. The minimum Gasteiger partial charge on any atom is -0.494 e. The van der Waals surface area contributed by atoms with Crippen molar-refractivity contribution in [2.75, 3.05) is 36.5 Å². The Bertz CT molecular complexity index is 1050. The van der Waals surface area contributed by atoms with Crippen LogP contribution in [-0.4, -0.2) is 42.4 Å². The topological polar surface area (TPSA) is 76.6 Å². The molecular weight excluding hydrogens is 416 g/mol. The molecule has 172 valence electrons. The zero-order chi connectivity index (χ0) is 23.0. The molecular formula is C26H30N4O3. The zero-order valence-electron chi connectivity index (χ0n) is 19.2. The zero-order valence-corrected chi connectivity index (χ0v) is 19.2. The van der Waals surface area contributed by atoms with Crippen LogP contribution in [0, 0.1) is 5.92 Å². The maximum atomic E-state index is 12.3. The second kappa shape index (κ2) is 10.8. The van der Waals surface area contributed by atoms with Gasteiger partial charge in [0.15, 0.2) is 12.4 Å². The number of hydrogen-bond acceptors (Lipinski definition) is 6. The fourth-order valence-corrected chi connectivity index (χ4v) is 3.78. The van der Waals surface area contributed by atoms with Gasteiger partial charge in [-0.15, -0.1) is 10.2 Å². The summed E-state index contributed by atoms with van der Waals surface area (Å²) in [6.07, 6.45) is 2.39. The summed E-state index contributed by atoms with van der Waals surface area (Å²) in [6.45, 7) is 6.78. The van der Waals surface area contributed by atoms with Gasteiger partial charge in [0.2, 0.25) is 0 Å². The third-order valence-corrected chi connectivity index (χ3v) is 5.71. The number of anilines is 2. The second-order valence-corrected chi connectivity index (χ2v) is 8.27. The van der Waals surface area contributed by atoms with Gasteiger partial charge in [-0.3, -0.25) is 4.79 Å². The summed E-state index contributed by atoms with van der Waals surface area (Å²) < 4.78 is 11.0. The van der Waals surface area contributed by atoms with E-state index in [9.17, 15) is 4.79 Å². The highest BCUT2D eigenvalue weighted by Crippen LogP contribution is 2.24. The van der Waals surface area contributed by atoms with E-state index in [1.165, 1.54) is 12.8 Å². The predicted molar refractivity (Wildman–Crippen MR) is 130 cm³/mol. The first kappa shape index (κ1) is 22.6. The van der Waals surface area contributed by atoms with Gasteiger partial charge in [0.05, 0.1) is 12.3 Å². The lowest BCUT2D eigenvalue weighted by Gasteiger charge is -2.30. The van der Waals surface area contributed by atoms with Crippen LogP contribution in [0.25, 0.3) is 11.3 Å². The molecule has 0 radical (unpaired) electrons. The monoisotopic (exact) mass is 446 g/mol. The molecule has 1 saturated heterocycles. The maximum Gasteiger partial charge on any atom is 0.262 e. The van der Waals surface area contributed by atoms with Crippen LogP contribution >= 0.6 is 0 Å². The van der Waals surface area contributed by atoms with Crippen molar-refractivity contribution in [3.63, 3.8) is 0 Å². The van der Waals surface area contributed by atoms with Crippen LogP contribution in [0.1, 0.15) is 26.7 Å². The Labute approximate surface area is 194 Å². The Morgan fingerprint density at radius 1 is 1.00 bits per heavy atom.